The standard InChI is InChI=1S/C34H40N8O6/c1-33(2,3)47-31(43)41-13-7-9-23(41)28-35-17-21(37-28)19-11-12-25-26(15-19)46-30-27(45-25)16-20(39-40-30)22-18-36-29(38-22)24-10-8-14-42(24)32(44)48-34(4,5)6/h11-12,15-18,23-24H,7-10,13-14H2,1-6H3,(H,35,37)(H,36,38)/t23-,24-/m0/s1. The minimum absolute atomic E-state index is 0.185. The van der Waals surface area contributed by atoms with Crippen molar-refractivity contribution < 1.29 is 28.5 Å². The van der Waals surface area contributed by atoms with Gasteiger partial charge in [-0.3, -0.25) is 9.80 Å². The molecule has 0 unspecified atom stereocenters. The highest BCUT2D eigenvalue weighted by Gasteiger charge is 2.36. The third-order valence-corrected chi connectivity index (χ3v) is 8.27. The lowest BCUT2D eigenvalue weighted by Crippen LogP contribution is -2.36. The lowest BCUT2D eigenvalue weighted by Gasteiger charge is -2.27. The third-order valence-electron chi connectivity index (χ3n) is 8.27. The topological polar surface area (TPSA) is 161 Å². The molecular weight excluding hydrogens is 616 g/mol. The zero-order valence-electron chi connectivity index (χ0n) is 28.0. The maximum Gasteiger partial charge on any atom is 0.410 e. The summed E-state index contributed by atoms with van der Waals surface area (Å²) in [5, 5.41) is 8.65. The minimum Gasteiger partial charge on any atom is -0.448 e. The van der Waals surface area contributed by atoms with Gasteiger partial charge in [0.15, 0.2) is 17.2 Å². The first-order valence-corrected chi connectivity index (χ1v) is 16.3. The highest BCUT2D eigenvalue weighted by Crippen LogP contribution is 2.46. The molecule has 252 valence electrons. The van der Waals surface area contributed by atoms with Gasteiger partial charge in [-0.15, -0.1) is 10.2 Å². The fourth-order valence-electron chi connectivity index (χ4n) is 6.17. The van der Waals surface area contributed by atoms with Crippen LogP contribution in [0.1, 0.15) is 91.0 Å². The molecule has 2 amide bonds. The van der Waals surface area contributed by atoms with Crippen molar-refractivity contribution >= 4 is 12.2 Å². The Hall–Kier alpha value is -5.14. The molecular formula is C34H40N8O6. The Labute approximate surface area is 278 Å². The Morgan fingerprint density at radius 2 is 1.33 bits per heavy atom. The number of hydrogen-bond donors (Lipinski definition) is 2. The molecule has 4 aromatic rings. The Kier molecular flexibility index (Phi) is 7.75. The zero-order chi connectivity index (χ0) is 33.8. The highest BCUT2D eigenvalue weighted by molar-refractivity contribution is 5.70. The molecule has 14 heteroatoms. The molecule has 0 bridgehead atoms. The van der Waals surface area contributed by atoms with Gasteiger partial charge < -0.3 is 28.9 Å². The third kappa shape index (κ3) is 6.38. The predicted octanol–water partition coefficient (Wildman–Crippen LogP) is 7.30. The highest BCUT2D eigenvalue weighted by atomic mass is 16.6. The second-order valence-corrected chi connectivity index (χ2v) is 14.3. The van der Waals surface area contributed by atoms with Crippen LogP contribution >= 0.6 is 0 Å². The molecule has 0 saturated carbocycles. The SMILES string of the molecule is CC(C)(C)OC(=O)N1CCC[C@H]1c1ncc(-c2ccc3c(c2)Oc2nnc(-c4cnc([C@@H]5CCCN5C(=O)OC(C)(C)C)[nH]4)cc2O3)[nH]1. The molecule has 2 N–H and O–H groups in total. The van der Waals surface area contributed by atoms with E-state index in [9.17, 15) is 9.59 Å². The minimum atomic E-state index is -0.579. The lowest BCUT2D eigenvalue weighted by atomic mass is 10.1. The predicted molar refractivity (Wildman–Crippen MR) is 174 cm³/mol. The number of aromatic nitrogens is 6. The van der Waals surface area contributed by atoms with Crippen LogP contribution in [0.4, 0.5) is 9.59 Å². The summed E-state index contributed by atoms with van der Waals surface area (Å²) in [6, 6.07) is 6.94. The number of fused-ring (bicyclic) bond motifs is 2. The second kappa shape index (κ2) is 11.8. The Bertz CT molecular complexity index is 1720. The Morgan fingerprint density at radius 1 is 0.750 bits per heavy atom. The molecule has 14 nitrogen and oxygen atoms in total. The fourth-order valence-corrected chi connectivity index (χ4v) is 6.17. The van der Waals surface area contributed by atoms with Crippen molar-refractivity contribution in [1.29, 1.82) is 0 Å². The summed E-state index contributed by atoms with van der Waals surface area (Å²) in [6.45, 7) is 12.4. The summed E-state index contributed by atoms with van der Waals surface area (Å²) in [6.07, 6.45) is 6.06. The summed E-state index contributed by atoms with van der Waals surface area (Å²) in [5.41, 5.74) is 1.63. The number of nitrogens with one attached hydrogen (secondary N) is 2. The first-order valence-electron chi connectivity index (χ1n) is 16.3. The number of nitrogens with zero attached hydrogens (tertiary/aromatic N) is 6. The van der Waals surface area contributed by atoms with E-state index in [4.69, 9.17) is 18.9 Å². The summed E-state index contributed by atoms with van der Waals surface area (Å²) in [5.74, 6) is 3.04. The monoisotopic (exact) mass is 656 g/mol. The summed E-state index contributed by atoms with van der Waals surface area (Å²) in [7, 11) is 0. The summed E-state index contributed by atoms with van der Waals surface area (Å²) in [4.78, 5) is 44.9. The van der Waals surface area contributed by atoms with E-state index in [1.54, 1.807) is 28.3 Å². The molecule has 2 fully saturated rings. The van der Waals surface area contributed by atoms with Crippen molar-refractivity contribution in [2.75, 3.05) is 13.1 Å². The van der Waals surface area contributed by atoms with E-state index < -0.39 is 11.2 Å². The number of imidazole rings is 2. The van der Waals surface area contributed by atoms with E-state index >= 15 is 0 Å². The number of aromatic amines is 2. The van der Waals surface area contributed by atoms with Crippen LogP contribution < -0.4 is 9.47 Å². The number of ether oxygens (including phenoxy) is 4. The van der Waals surface area contributed by atoms with Crippen LogP contribution in [0.2, 0.25) is 0 Å². The average molecular weight is 657 g/mol. The molecule has 0 aliphatic carbocycles. The first kappa shape index (κ1) is 31.5. The maximum atomic E-state index is 12.8. The molecule has 2 atom stereocenters. The fraction of sp³-hybridized carbons (Fsp3) is 0.471. The van der Waals surface area contributed by atoms with Gasteiger partial charge in [-0.1, -0.05) is 0 Å². The van der Waals surface area contributed by atoms with Gasteiger partial charge in [-0.2, -0.15) is 0 Å². The van der Waals surface area contributed by atoms with Crippen LogP contribution in [0, 0.1) is 0 Å². The molecule has 1 aromatic carbocycles. The number of amides is 2. The molecule has 0 radical (unpaired) electrons. The number of rotatable bonds is 4. The maximum absolute atomic E-state index is 12.8. The van der Waals surface area contributed by atoms with Crippen LogP contribution in [-0.2, 0) is 9.47 Å². The van der Waals surface area contributed by atoms with E-state index in [1.807, 2.05) is 59.7 Å². The van der Waals surface area contributed by atoms with Crippen molar-refractivity contribution in [1.82, 2.24) is 39.9 Å². The van der Waals surface area contributed by atoms with E-state index in [0.29, 0.717) is 53.4 Å². The quantitative estimate of drug-likeness (QED) is 0.201. The Morgan fingerprint density at radius 3 is 1.94 bits per heavy atom. The van der Waals surface area contributed by atoms with Crippen LogP contribution in [-0.4, -0.2) is 76.4 Å². The van der Waals surface area contributed by atoms with Crippen molar-refractivity contribution in [2.45, 2.75) is 90.5 Å². The normalized spacial score (nSPS) is 19.0. The van der Waals surface area contributed by atoms with Crippen molar-refractivity contribution in [3.05, 3.63) is 48.3 Å². The molecule has 3 aromatic heterocycles. The number of hydrogen-bond acceptors (Lipinski definition) is 10. The van der Waals surface area contributed by atoms with E-state index in [0.717, 1.165) is 36.9 Å². The van der Waals surface area contributed by atoms with Gasteiger partial charge in [-0.05, 0) is 85.4 Å². The van der Waals surface area contributed by atoms with Crippen molar-refractivity contribution in [3.8, 4) is 45.8 Å². The summed E-state index contributed by atoms with van der Waals surface area (Å²) >= 11 is 0. The number of carbonyl (C=O) groups is 2. The van der Waals surface area contributed by atoms with Crippen LogP contribution in [0.5, 0.6) is 23.1 Å². The smallest absolute Gasteiger partial charge is 0.410 e. The second-order valence-electron chi connectivity index (χ2n) is 14.3. The van der Waals surface area contributed by atoms with E-state index in [1.165, 1.54) is 0 Å². The van der Waals surface area contributed by atoms with Gasteiger partial charge in [0.1, 0.15) is 28.5 Å². The van der Waals surface area contributed by atoms with Crippen molar-refractivity contribution in [2.24, 2.45) is 0 Å². The van der Waals surface area contributed by atoms with Gasteiger partial charge in [0.05, 0.1) is 35.9 Å². The zero-order valence-corrected chi connectivity index (χ0v) is 28.0. The van der Waals surface area contributed by atoms with Crippen LogP contribution in [0.15, 0.2) is 36.7 Å². The van der Waals surface area contributed by atoms with E-state index in [2.05, 4.69) is 30.1 Å². The Balaban J connectivity index is 1.05. The average Bonchev–Trinajstić information content (AvgIpc) is 3.83. The molecule has 3 aliphatic rings. The van der Waals surface area contributed by atoms with Gasteiger partial charge in [0.25, 0.3) is 5.88 Å². The van der Waals surface area contributed by atoms with Gasteiger partial charge in [0, 0.05) is 24.7 Å². The number of H-pyrrole nitrogens is 2. The van der Waals surface area contributed by atoms with Gasteiger partial charge in [0.2, 0.25) is 0 Å². The number of likely N-dealkylation sites (tertiary alicyclic amines) is 2. The molecule has 7 rings (SSSR count). The largest absolute Gasteiger partial charge is 0.448 e. The molecule has 2 saturated heterocycles. The lowest BCUT2D eigenvalue weighted by molar-refractivity contribution is 0.0208. The molecule has 3 aliphatic heterocycles. The van der Waals surface area contributed by atoms with Gasteiger partial charge >= 0.3 is 12.2 Å². The summed E-state index contributed by atoms with van der Waals surface area (Å²) < 4.78 is 23.5. The van der Waals surface area contributed by atoms with Crippen LogP contribution in [0.3, 0.4) is 0 Å². The molecule has 48 heavy (non-hydrogen) atoms. The van der Waals surface area contributed by atoms with Crippen molar-refractivity contribution in [3.63, 3.8) is 0 Å². The van der Waals surface area contributed by atoms with E-state index in [-0.39, 0.29) is 30.2 Å². The number of benzene rings is 1. The molecule has 0 spiro atoms. The first-order chi connectivity index (χ1) is 22.8. The van der Waals surface area contributed by atoms with Crippen LogP contribution in [0.25, 0.3) is 22.6 Å². The number of carbonyl (C=O) groups excluding carboxylic acids is 2. The molecule has 6 heterocycles. The van der Waals surface area contributed by atoms with Gasteiger partial charge in [-0.25, -0.2) is 19.6 Å².